The van der Waals surface area contributed by atoms with Gasteiger partial charge in [0.15, 0.2) is 0 Å². The van der Waals surface area contributed by atoms with Crippen molar-refractivity contribution in [3.63, 3.8) is 0 Å². The highest BCUT2D eigenvalue weighted by Gasteiger charge is 2.10. The molecule has 1 amide bonds. The minimum absolute atomic E-state index is 0.128. The molecular weight excluding hydrogens is 266 g/mol. The Bertz CT molecular complexity index is 507. The first-order chi connectivity index (χ1) is 8.65. The Balaban J connectivity index is 1.93. The zero-order valence-corrected chi connectivity index (χ0v) is 11.7. The first-order valence-electron chi connectivity index (χ1n) is 5.64. The maximum absolute atomic E-state index is 12.0. The van der Waals surface area contributed by atoms with Crippen LogP contribution in [0.1, 0.15) is 11.1 Å². The second-order valence-corrected chi connectivity index (χ2v) is 5.40. The van der Waals surface area contributed by atoms with Gasteiger partial charge in [-0.15, -0.1) is 0 Å². The Labute approximate surface area is 116 Å². The SMILES string of the molecule is CN(Cc1ccc(Cl)cc1)C(=O)Cc1ccsc1. The van der Waals surface area contributed by atoms with Crippen molar-refractivity contribution in [2.75, 3.05) is 7.05 Å². The van der Waals surface area contributed by atoms with Crippen LogP contribution in [0, 0.1) is 0 Å². The zero-order chi connectivity index (χ0) is 13.0. The average Bonchev–Trinajstić information content (AvgIpc) is 2.85. The number of benzene rings is 1. The Kier molecular flexibility index (Phi) is 4.39. The van der Waals surface area contributed by atoms with Crippen LogP contribution in [0.5, 0.6) is 0 Å². The van der Waals surface area contributed by atoms with Gasteiger partial charge in [-0.1, -0.05) is 23.7 Å². The highest BCUT2D eigenvalue weighted by atomic mass is 35.5. The number of thiophene rings is 1. The number of likely N-dealkylation sites (N-methyl/N-ethyl adjacent to an activating group) is 1. The number of hydrogen-bond acceptors (Lipinski definition) is 2. The molecule has 1 heterocycles. The number of carbonyl (C=O) groups excluding carboxylic acids is 1. The molecule has 94 valence electrons. The van der Waals surface area contributed by atoms with Crippen LogP contribution in [-0.2, 0) is 17.8 Å². The van der Waals surface area contributed by atoms with Crippen LogP contribution < -0.4 is 0 Å². The first kappa shape index (κ1) is 13.1. The fourth-order valence-electron chi connectivity index (χ4n) is 1.65. The molecule has 0 aliphatic heterocycles. The topological polar surface area (TPSA) is 20.3 Å². The minimum Gasteiger partial charge on any atom is -0.341 e. The number of carbonyl (C=O) groups is 1. The van der Waals surface area contributed by atoms with Crippen molar-refractivity contribution in [1.29, 1.82) is 0 Å². The Hall–Kier alpha value is -1.32. The van der Waals surface area contributed by atoms with E-state index in [0.717, 1.165) is 11.1 Å². The molecule has 4 heteroatoms. The highest BCUT2D eigenvalue weighted by molar-refractivity contribution is 7.07. The van der Waals surface area contributed by atoms with Crippen LogP contribution >= 0.6 is 22.9 Å². The fourth-order valence-corrected chi connectivity index (χ4v) is 2.45. The predicted octanol–water partition coefficient (Wildman–Crippen LogP) is 3.60. The minimum atomic E-state index is 0.128. The van der Waals surface area contributed by atoms with E-state index in [-0.39, 0.29) is 5.91 Å². The highest BCUT2D eigenvalue weighted by Crippen LogP contribution is 2.12. The molecule has 0 aliphatic rings. The number of hydrogen-bond donors (Lipinski definition) is 0. The van der Waals surface area contributed by atoms with E-state index < -0.39 is 0 Å². The molecule has 0 radical (unpaired) electrons. The molecule has 0 saturated heterocycles. The Morgan fingerprint density at radius 2 is 1.94 bits per heavy atom. The summed E-state index contributed by atoms with van der Waals surface area (Å²) >= 11 is 7.44. The van der Waals surface area contributed by atoms with Gasteiger partial charge in [0.2, 0.25) is 5.91 Å². The number of amides is 1. The summed E-state index contributed by atoms with van der Waals surface area (Å²) in [4.78, 5) is 13.7. The third-order valence-corrected chi connectivity index (χ3v) is 3.68. The summed E-state index contributed by atoms with van der Waals surface area (Å²) in [7, 11) is 1.82. The van der Waals surface area contributed by atoms with Gasteiger partial charge in [-0.3, -0.25) is 4.79 Å². The summed E-state index contributed by atoms with van der Waals surface area (Å²) in [5.74, 6) is 0.128. The largest absolute Gasteiger partial charge is 0.341 e. The van der Waals surface area contributed by atoms with E-state index in [1.54, 1.807) is 16.2 Å². The molecule has 0 saturated carbocycles. The smallest absolute Gasteiger partial charge is 0.227 e. The first-order valence-corrected chi connectivity index (χ1v) is 6.97. The van der Waals surface area contributed by atoms with Crippen LogP contribution in [0.25, 0.3) is 0 Å². The molecule has 1 aromatic carbocycles. The molecule has 0 fully saturated rings. The van der Waals surface area contributed by atoms with E-state index in [1.165, 1.54) is 0 Å². The van der Waals surface area contributed by atoms with Crippen LogP contribution in [0.2, 0.25) is 5.02 Å². The Morgan fingerprint density at radius 1 is 1.22 bits per heavy atom. The Morgan fingerprint density at radius 3 is 2.56 bits per heavy atom. The van der Waals surface area contributed by atoms with E-state index in [4.69, 9.17) is 11.6 Å². The molecule has 0 unspecified atom stereocenters. The molecular formula is C14H14ClNOS. The predicted molar refractivity (Wildman–Crippen MR) is 75.9 cm³/mol. The van der Waals surface area contributed by atoms with E-state index >= 15 is 0 Å². The standard InChI is InChI=1S/C14H14ClNOS/c1-16(9-11-2-4-13(15)5-3-11)14(17)8-12-6-7-18-10-12/h2-7,10H,8-9H2,1H3. The number of nitrogens with zero attached hydrogens (tertiary/aromatic N) is 1. The van der Waals surface area contributed by atoms with Gasteiger partial charge in [0.25, 0.3) is 0 Å². The monoisotopic (exact) mass is 279 g/mol. The van der Waals surface area contributed by atoms with Crippen LogP contribution in [0.3, 0.4) is 0 Å². The summed E-state index contributed by atoms with van der Waals surface area (Å²) in [6.07, 6.45) is 0.466. The molecule has 18 heavy (non-hydrogen) atoms. The van der Waals surface area contributed by atoms with Gasteiger partial charge in [0.05, 0.1) is 6.42 Å². The van der Waals surface area contributed by atoms with Crippen molar-refractivity contribution in [1.82, 2.24) is 4.90 Å². The second-order valence-electron chi connectivity index (χ2n) is 4.18. The van der Waals surface area contributed by atoms with Crippen molar-refractivity contribution in [3.8, 4) is 0 Å². The molecule has 0 atom stereocenters. The van der Waals surface area contributed by atoms with Crippen LogP contribution in [0.4, 0.5) is 0 Å². The fraction of sp³-hybridized carbons (Fsp3) is 0.214. The molecule has 0 N–H and O–H groups in total. The van der Waals surface area contributed by atoms with E-state index in [9.17, 15) is 4.79 Å². The van der Waals surface area contributed by atoms with Crippen molar-refractivity contribution in [3.05, 3.63) is 57.2 Å². The average molecular weight is 280 g/mol. The van der Waals surface area contributed by atoms with E-state index in [0.29, 0.717) is 18.0 Å². The maximum atomic E-state index is 12.0. The zero-order valence-electron chi connectivity index (χ0n) is 10.1. The van der Waals surface area contributed by atoms with Crippen molar-refractivity contribution < 1.29 is 4.79 Å². The maximum Gasteiger partial charge on any atom is 0.227 e. The van der Waals surface area contributed by atoms with Gasteiger partial charge in [0, 0.05) is 18.6 Å². The quantitative estimate of drug-likeness (QED) is 0.837. The van der Waals surface area contributed by atoms with Gasteiger partial charge in [-0.2, -0.15) is 11.3 Å². The lowest BCUT2D eigenvalue weighted by atomic mass is 10.2. The van der Waals surface area contributed by atoms with Gasteiger partial charge in [-0.05, 0) is 40.1 Å². The molecule has 2 aromatic rings. The summed E-state index contributed by atoms with van der Waals surface area (Å²) < 4.78 is 0. The molecule has 2 nitrogen and oxygen atoms in total. The summed E-state index contributed by atoms with van der Waals surface area (Å²) in [5.41, 5.74) is 2.16. The summed E-state index contributed by atoms with van der Waals surface area (Å²) in [5, 5.41) is 4.71. The van der Waals surface area contributed by atoms with Gasteiger partial charge in [-0.25, -0.2) is 0 Å². The third kappa shape index (κ3) is 3.59. The van der Waals surface area contributed by atoms with Crippen molar-refractivity contribution >= 4 is 28.8 Å². The lowest BCUT2D eigenvalue weighted by Crippen LogP contribution is -2.27. The van der Waals surface area contributed by atoms with Crippen molar-refractivity contribution in [2.24, 2.45) is 0 Å². The third-order valence-electron chi connectivity index (χ3n) is 2.69. The van der Waals surface area contributed by atoms with Gasteiger partial charge >= 0.3 is 0 Å². The van der Waals surface area contributed by atoms with Gasteiger partial charge in [0.1, 0.15) is 0 Å². The molecule has 0 spiro atoms. The lowest BCUT2D eigenvalue weighted by Gasteiger charge is -2.17. The van der Waals surface area contributed by atoms with E-state index in [1.807, 2.05) is 48.1 Å². The van der Waals surface area contributed by atoms with Gasteiger partial charge < -0.3 is 4.90 Å². The number of halogens is 1. The van der Waals surface area contributed by atoms with Crippen molar-refractivity contribution in [2.45, 2.75) is 13.0 Å². The molecule has 1 aromatic heterocycles. The molecule has 2 rings (SSSR count). The lowest BCUT2D eigenvalue weighted by molar-refractivity contribution is -0.129. The molecule has 0 bridgehead atoms. The summed E-state index contributed by atoms with van der Waals surface area (Å²) in [6, 6.07) is 9.55. The summed E-state index contributed by atoms with van der Waals surface area (Å²) in [6.45, 7) is 0.611. The number of rotatable bonds is 4. The molecule has 0 aliphatic carbocycles. The second kappa shape index (κ2) is 6.03. The van der Waals surface area contributed by atoms with Crippen LogP contribution in [0.15, 0.2) is 41.1 Å². The normalized spacial score (nSPS) is 10.3. The van der Waals surface area contributed by atoms with E-state index in [2.05, 4.69) is 0 Å². The van der Waals surface area contributed by atoms with Crippen LogP contribution in [-0.4, -0.2) is 17.9 Å².